The summed E-state index contributed by atoms with van der Waals surface area (Å²) in [5.41, 5.74) is 1.26. The zero-order chi connectivity index (χ0) is 24.7. The van der Waals surface area contributed by atoms with E-state index >= 15 is 0 Å². The number of aliphatic imine (C=N–C) groups is 2. The van der Waals surface area contributed by atoms with Crippen molar-refractivity contribution >= 4 is 52.6 Å². The lowest BCUT2D eigenvalue weighted by Crippen LogP contribution is -2.00. The number of non-ortho nitro benzene ring substituents is 1. The number of hydrogen-bond acceptors (Lipinski definition) is 8. The van der Waals surface area contributed by atoms with Crippen LogP contribution in [-0.4, -0.2) is 39.1 Å². The monoisotopic (exact) mass is 465 g/mol. The zero-order valence-electron chi connectivity index (χ0n) is 17.9. The van der Waals surface area contributed by atoms with Gasteiger partial charge in [-0.15, -0.1) is 0 Å². The molecule has 0 fully saturated rings. The standard InChI is InChI=1S/C26H15N3O6/c30-23-15-5-1-2-6-16(15)24(31)19(23)12-27-21-10-9-14(29(34)35)11-22(21)28-13-20-25(32)17-7-3-4-8-18(17)26(20)33/h1-13,30,32H. The number of nitrogens with zero attached hydrogens (tertiary/aromatic N) is 3. The van der Waals surface area contributed by atoms with E-state index in [4.69, 9.17) is 0 Å². The first kappa shape index (κ1) is 21.7. The third kappa shape index (κ3) is 3.61. The predicted octanol–water partition coefficient (Wildman–Crippen LogP) is 5.33. The highest BCUT2D eigenvalue weighted by atomic mass is 16.6. The maximum Gasteiger partial charge on any atom is 0.271 e. The van der Waals surface area contributed by atoms with Crippen molar-refractivity contribution in [3.8, 4) is 0 Å². The molecule has 2 aliphatic rings. The van der Waals surface area contributed by atoms with E-state index in [-0.39, 0.29) is 39.7 Å². The number of nitro groups is 1. The number of aliphatic hydroxyl groups excluding tert-OH is 2. The van der Waals surface area contributed by atoms with E-state index in [0.29, 0.717) is 22.3 Å². The quantitative estimate of drug-likeness (QED) is 0.296. The van der Waals surface area contributed by atoms with Crippen LogP contribution in [-0.2, 0) is 0 Å². The van der Waals surface area contributed by atoms with Crippen LogP contribution >= 0.6 is 0 Å². The van der Waals surface area contributed by atoms with Gasteiger partial charge in [-0.3, -0.25) is 29.7 Å². The fourth-order valence-corrected chi connectivity index (χ4v) is 3.92. The molecule has 3 aromatic carbocycles. The third-order valence-corrected chi connectivity index (χ3v) is 5.69. The van der Waals surface area contributed by atoms with Gasteiger partial charge in [0.15, 0.2) is 11.6 Å². The first-order chi connectivity index (χ1) is 16.9. The van der Waals surface area contributed by atoms with Gasteiger partial charge in [-0.05, 0) is 6.07 Å². The van der Waals surface area contributed by atoms with Gasteiger partial charge in [-0.1, -0.05) is 48.5 Å². The molecule has 2 aliphatic carbocycles. The van der Waals surface area contributed by atoms with E-state index in [1.807, 2.05) is 0 Å². The Morgan fingerprint density at radius 2 is 1.14 bits per heavy atom. The van der Waals surface area contributed by atoms with Gasteiger partial charge in [-0.25, -0.2) is 0 Å². The van der Waals surface area contributed by atoms with Crippen LogP contribution in [0.3, 0.4) is 0 Å². The van der Waals surface area contributed by atoms with Crippen LogP contribution in [0.5, 0.6) is 0 Å². The summed E-state index contributed by atoms with van der Waals surface area (Å²) in [6.07, 6.45) is 2.30. The molecule has 5 rings (SSSR count). The average molecular weight is 465 g/mol. The second-order valence-corrected chi connectivity index (χ2v) is 7.72. The lowest BCUT2D eigenvalue weighted by Gasteiger charge is -2.02. The summed E-state index contributed by atoms with van der Waals surface area (Å²) < 4.78 is 0. The van der Waals surface area contributed by atoms with Gasteiger partial charge in [0.2, 0.25) is 0 Å². The lowest BCUT2D eigenvalue weighted by molar-refractivity contribution is -0.384. The Hall–Kier alpha value is -5.18. The fourth-order valence-electron chi connectivity index (χ4n) is 3.92. The number of benzene rings is 3. The molecule has 170 valence electrons. The molecule has 9 nitrogen and oxygen atoms in total. The fraction of sp³-hybridized carbons (Fsp3) is 0. The molecule has 9 heteroatoms. The maximum atomic E-state index is 12.6. The van der Waals surface area contributed by atoms with E-state index in [2.05, 4.69) is 9.98 Å². The van der Waals surface area contributed by atoms with Crippen molar-refractivity contribution < 1.29 is 24.7 Å². The third-order valence-electron chi connectivity index (χ3n) is 5.69. The number of fused-ring (bicyclic) bond motifs is 2. The van der Waals surface area contributed by atoms with Gasteiger partial charge >= 0.3 is 0 Å². The highest BCUT2D eigenvalue weighted by molar-refractivity contribution is 6.31. The van der Waals surface area contributed by atoms with E-state index < -0.39 is 16.5 Å². The Morgan fingerprint density at radius 3 is 1.60 bits per heavy atom. The Kier molecular flexibility index (Phi) is 5.14. The first-order valence-corrected chi connectivity index (χ1v) is 10.4. The molecule has 0 amide bonds. The average Bonchev–Trinajstić information content (AvgIpc) is 3.26. The van der Waals surface area contributed by atoms with E-state index in [1.165, 1.54) is 18.3 Å². The molecule has 0 unspecified atom stereocenters. The largest absolute Gasteiger partial charge is 0.506 e. The van der Waals surface area contributed by atoms with Crippen molar-refractivity contribution in [2.45, 2.75) is 0 Å². The van der Waals surface area contributed by atoms with Crippen LogP contribution < -0.4 is 0 Å². The van der Waals surface area contributed by atoms with Crippen LogP contribution in [0.1, 0.15) is 31.8 Å². The van der Waals surface area contributed by atoms with Gasteiger partial charge in [0.05, 0.1) is 27.4 Å². The van der Waals surface area contributed by atoms with Gasteiger partial charge < -0.3 is 10.2 Å². The smallest absolute Gasteiger partial charge is 0.271 e. The normalized spacial score (nSPS) is 15.0. The molecule has 0 radical (unpaired) electrons. The summed E-state index contributed by atoms with van der Waals surface area (Å²) in [5, 5.41) is 32.2. The summed E-state index contributed by atoms with van der Waals surface area (Å²) >= 11 is 0. The van der Waals surface area contributed by atoms with Crippen LogP contribution in [0.4, 0.5) is 17.1 Å². The molecular weight excluding hydrogens is 450 g/mol. The van der Waals surface area contributed by atoms with Crippen LogP contribution in [0, 0.1) is 10.1 Å². The van der Waals surface area contributed by atoms with Crippen molar-refractivity contribution in [1.29, 1.82) is 0 Å². The topological polar surface area (TPSA) is 142 Å². The van der Waals surface area contributed by atoms with Crippen molar-refractivity contribution in [2.24, 2.45) is 9.98 Å². The van der Waals surface area contributed by atoms with E-state index in [9.17, 15) is 29.9 Å². The Labute approximate surface area is 197 Å². The van der Waals surface area contributed by atoms with Crippen LogP contribution in [0.2, 0.25) is 0 Å². The minimum absolute atomic E-state index is 0.0266. The number of hydrogen-bond donors (Lipinski definition) is 2. The number of carbonyl (C=O) groups is 2. The van der Waals surface area contributed by atoms with Crippen LogP contribution in [0.25, 0.3) is 11.5 Å². The minimum Gasteiger partial charge on any atom is -0.506 e. The Balaban J connectivity index is 1.52. The predicted molar refractivity (Wildman–Crippen MR) is 130 cm³/mol. The minimum atomic E-state index is -0.606. The molecular formula is C26H15N3O6. The number of carbonyl (C=O) groups excluding carboxylic acids is 2. The summed E-state index contributed by atoms with van der Waals surface area (Å²) in [7, 11) is 0. The number of ketones is 2. The second-order valence-electron chi connectivity index (χ2n) is 7.72. The van der Waals surface area contributed by atoms with Gasteiger partial charge in [0.25, 0.3) is 5.69 Å². The molecule has 35 heavy (non-hydrogen) atoms. The Bertz CT molecular complexity index is 1580. The first-order valence-electron chi connectivity index (χ1n) is 10.4. The number of rotatable bonds is 5. The molecule has 3 aromatic rings. The highest BCUT2D eigenvalue weighted by Gasteiger charge is 2.29. The summed E-state index contributed by atoms with van der Waals surface area (Å²) in [5.74, 6) is -1.29. The van der Waals surface area contributed by atoms with E-state index in [1.54, 1.807) is 48.5 Å². The molecule has 0 heterocycles. The molecule has 0 spiro atoms. The molecule has 0 bridgehead atoms. The lowest BCUT2D eigenvalue weighted by atomic mass is 10.1. The van der Waals surface area contributed by atoms with Crippen LogP contribution in [0.15, 0.2) is 87.9 Å². The number of allylic oxidation sites excluding steroid dienone is 2. The summed E-state index contributed by atoms with van der Waals surface area (Å²) in [4.78, 5) is 44.4. The molecule has 0 aliphatic heterocycles. The Morgan fingerprint density at radius 1 is 0.686 bits per heavy atom. The molecule has 2 N–H and O–H groups in total. The van der Waals surface area contributed by atoms with Crippen molar-refractivity contribution in [3.63, 3.8) is 0 Å². The maximum absolute atomic E-state index is 12.6. The number of aliphatic hydroxyl groups is 2. The molecule has 0 saturated heterocycles. The van der Waals surface area contributed by atoms with Crippen molar-refractivity contribution in [3.05, 3.63) is 110 Å². The number of nitro benzene ring substituents is 1. The van der Waals surface area contributed by atoms with Gasteiger partial charge in [-0.2, -0.15) is 0 Å². The van der Waals surface area contributed by atoms with Gasteiger partial charge in [0, 0.05) is 46.8 Å². The number of Topliss-reactive ketones (excluding diaryl/α,β-unsaturated/α-hetero) is 2. The molecule has 0 atom stereocenters. The van der Waals surface area contributed by atoms with Crippen molar-refractivity contribution in [2.75, 3.05) is 0 Å². The zero-order valence-corrected chi connectivity index (χ0v) is 17.9. The molecule has 0 saturated carbocycles. The summed E-state index contributed by atoms with van der Waals surface area (Å²) in [6.45, 7) is 0. The van der Waals surface area contributed by atoms with Crippen molar-refractivity contribution in [1.82, 2.24) is 0 Å². The van der Waals surface area contributed by atoms with E-state index in [0.717, 1.165) is 12.3 Å². The summed E-state index contributed by atoms with van der Waals surface area (Å²) in [6, 6.07) is 16.8. The second kappa shape index (κ2) is 8.31. The molecule has 0 aromatic heterocycles. The highest BCUT2D eigenvalue weighted by Crippen LogP contribution is 2.35. The van der Waals surface area contributed by atoms with Gasteiger partial charge in [0.1, 0.15) is 11.5 Å². The SMILES string of the molecule is O=C1C(C=Nc2ccc([N+](=O)[O-])cc2N=CC2=C(O)c3ccccc3C2=O)=C(O)c2ccccc21.